The Morgan fingerprint density at radius 2 is 2.20 bits per heavy atom. The van der Waals surface area contributed by atoms with Gasteiger partial charge in [-0.1, -0.05) is 0 Å². The van der Waals surface area contributed by atoms with Gasteiger partial charge in [-0.15, -0.1) is 0 Å². The smallest absolute Gasteiger partial charge is 0.273 e. The van der Waals surface area contributed by atoms with Crippen LogP contribution in [0.15, 0.2) is 0 Å². The van der Waals surface area contributed by atoms with E-state index in [1.807, 2.05) is 0 Å². The Morgan fingerprint density at radius 3 is 2.20 bits per heavy atom. The van der Waals surface area contributed by atoms with E-state index in [0.29, 0.717) is 0 Å². The van der Waals surface area contributed by atoms with Crippen LogP contribution in [0.3, 0.4) is 0 Å². The van der Waals surface area contributed by atoms with Crippen LogP contribution in [0.5, 0.6) is 0 Å². The van der Waals surface area contributed by atoms with E-state index in [9.17, 15) is 0 Å². The largest absolute Gasteiger partial charge is 0.302 e. The molecule has 1 unspecified atom stereocenters. The van der Waals surface area contributed by atoms with Gasteiger partial charge in [-0.25, -0.2) is 6.57 Å². The van der Waals surface area contributed by atoms with Gasteiger partial charge in [-0.3, -0.25) is 0 Å². The van der Waals surface area contributed by atoms with E-state index in [0.717, 1.165) is 0 Å². The zero-order chi connectivity index (χ0) is 4.28. The molecule has 0 aliphatic heterocycles. The van der Waals surface area contributed by atoms with Crippen molar-refractivity contribution in [3.8, 4) is 0 Å². The Hall–Kier alpha value is -0.0300. The second-order valence-electron chi connectivity index (χ2n) is 0.703. The van der Waals surface area contributed by atoms with Gasteiger partial charge in [0.05, 0.1) is 0 Å². The molecule has 0 saturated heterocycles. The summed E-state index contributed by atoms with van der Waals surface area (Å²) in [6.07, 6.45) is 0. The van der Waals surface area contributed by atoms with E-state index >= 15 is 0 Å². The summed E-state index contributed by atoms with van der Waals surface area (Å²) in [7, 11) is 0. The fraction of sp³-hybridized carbons (Fsp3) is 0.667. The van der Waals surface area contributed by atoms with Gasteiger partial charge in [-0.05, 0) is 0 Å². The maximum absolute atomic E-state index is 6.24. The van der Waals surface area contributed by atoms with E-state index in [2.05, 4.69) is 20.8 Å². The third kappa shape index (κ3) is 3.97. The maximum Gasteiger partial charge on any atom is 0.273 e. The fourth-order valence-electron chi connectivity index (χ4n) is 0. The fourth-order valence-corrected chi connectivity index (χ4v) is 0. The van der Waals surface area contributed by atoms with Crippen LogP contribution < -0.4 is 0 Å². The Morgan fingerprint density at radius 1 is 2.00 bits per heavy atom. The number of rotatable bonds is 0. The number of hydrogen-bond donors (Lipinski definition) is 0. The molecule has 0 aromatic carbocycles. The highest BCUT2D eigenvalue weighted by Crippen LogP contribution is 1.94. The molecule has 5 heavy (non-hydrogen) atoms. The van der Waals surface area contributed by atoms with Crippen LogP contribution in [0.4, 0.5) is 0 Å². The summed E-state index contributed by atoms with van der Waals surface area (Å²) >= 11 is 3.02. The standard InChI is InChI=1S/C3H4BrN/c1-3(4)5-2/h3H,1H3. The summed E-state index contributed by atoms with van der Waals surface area (Å²) in [5.41, 5.74) is 0. The van der Waals surface area contributed by atoms with Gasteiger partial charge in [0.25, 0.3) is 4.95 Å². The summed E-state index contributed by atoms with van der Waals surface area (Å²) < 4.78 is 0. The topological polar surface area (TPSA) is 4.36 Å². The highest BCUT2D eigenvalue weighted by molar-refractivity contribution is 9.09. The first-order valence-electron chi connectivity index (χ1n) is 1.28. The number of halogens is 1. The second-order valence-corrected chi connectivity index (χ2v) is 2.03. The molecule has 0 spiro atoms. The molecule has 0 amide bonds. The van der Waals surface area contributed by atoms with Gasteiger partial charge in [0.1, 0.15) is 0 Å². The predicted molar refractivity (Wildman–Crippen MR) is 25.0 cm³/mol. The minimum atomic E-state index is -0.0116. The molecule has 0 aromatic heterocycles. The molecular weight excluding hydrogens is 130 g/mol. The van der Waals surface area contributed by atoms with Crippen molar-refractivity contribution in [2.24, 2.45) is 0 Å². The Labute approximate surface area is 39.9 Å². The Balaban J connectivity index is 2.94. The lowest BCUT2D eigenvalue weighted by atomic mass is 10.8. The highest BCUT2D eigenvalue weighted by atomic mass is 79.9. The Bertz CT molecular complexity index is 52.4. The molecule has 2 heteroatoms. The summed E-state index contributed by atoms with van der Waals surface area (Å²) in [5, 5.41) is 0. The van der Waals surface area contributed by atoms with Crippen molar-refractivity contribution in [3.63, 3.8) is 0 Å². The molecule has 28 valence electrons. The average molecular weight is 134 g/mol. The molecule has 0 aliphatic carbocycles. The lowest BCUT2D eigenvalue weighted by Gasteiger charge is -1.72. The molecule has 0 radical (unpaired) electrons. The number of alkyl halides is 1. The van der Waals surface area contributed by atoms with Crippen LogP contribution >= 0.6 is 15.9 Å². The predicted octanol–water partition coefficient (Wildman–Crippen LogP) is 1.65. The lowest BCUT2D eigenvalue weighted by molar-refractivity contribution is 1.27. The molecular formula is C3H4BrN. The molecule has 0 fully saturated rings. The van der Waals surface area contributed by atoms with Crippen molar-refractivity contribution in [3.05, 3.63) is 11.4 Å². The van der Waals surface area contributed by atoms with Gasteiger partial charge >= 0.3 is 0 Å². The van der Waals surface area contributed by atoms with Crippen molar-refractivity contribution in [2.75, 3.05) is 0 Å². The van der Waals surface area contributed by atoms with Crippen LogP contribution in [-0.4, -0.2) is 4.95 Å². The highest BCUT2D eigenvalue weighted by Gasteiger charge is 1.86. The molecule has 0 N–H and O–H groups in total. The summed E-state index contributed by atoms with van der Waals surface area (Å²) in [6.45, 7) is 8.02. The van der Waals surface area contributed by atoms with Crippen LogP contribution in [0, 0.1) is 6.57 Å². The van der Waals surface area contributed by atoms with Crippen molar-refractivity contribution < 1.29 is 0 Å². The van der Waals surface area contributed by atoms with Gasteiger partial charge < -0.3 is 4.85 Å². The van der Waals surface area contributed by atoms with Gasteiger partial charge in [0.15, 0.2) is 0 Å². The molecule has 0 saturated carbocycles. The normalized spacial score (nSPS) is 13.0. The van der Waals surface area contributed by atoms with Crippen molar-refractivity contribution in [2.45, 2.75) is 11.9 Å². The van der Waals surface area contributed by atoms with Crippen molar-refractivity contribution in [1.29, 1.82) is 0 Å². The van der Waals surface area contributed by atoms with E-state index in [1.54, 1.807) is 6.92 Å². The first kappa shape index (κ1) is 4.97. The SMILES string of the molecule is [C-]#[N+]C(C)Br. The van der Waals surface area contributed by atoms with E-state index in [4.69, 9.17) is 6.57 Å². The third-order valence-corrected chi connectivity index (χ3v) is 0.383. The zero-order valence-corrected chi connectivity index (χ0v) is 4.49. The average Bonchev–Trinajstić information content (AvgIpc) is 1.38. The van der Waals surface area contributed by atoms with E-state index in [1.165, 1.54) is 0 Å². The van der Waals surface area contributed by atoms with Crippen LogP contribution in [0.2, 0.25) is 0 Å². The van der Waals surface area contributed by atoms with Crippen molar-refractivity contribution in [1.82, 2.24) is 0 Å². The minimum absolute atomic E-state index is 0.0116. The molecule has 0 rings (SSSR count). The van der Waals surface area contributed by atoms with Crippen LogP contribution in [0.1, 0.15) is 6.92 Å². The first-order chi connectivity index (χ1) is 2.27. The molecule has 0 bridgehead atoms. The zero-order valence-electron chi connectivity index (χ0n) is 2.90. The number of nitrogens with zero attached hydrogens (tertiary/aromatic N) is 1. The van der Waals surface area contributed by atoms with E-state index < -0.39 is 0 Å². The molecule has 1 atom stereocenters. The van der Waals surface area contributed by atoms with Gasteiger partial charge in [-0.2, -0.15) is 0 Å². The van der Waals surface area contributed by atoms with E-state index in [-0.39, 0.29) is 4.95 Å². The van der Waals surface area contributed by atoms with Gasteiger partial charge in [0, 0.05) is 22.9 Å². The molecule has 1 nitrogen and oxygen atoms in total. The summed E-state index contributed by atoms with van der Waals surface area (Å²) in [4.78, 5) is 3.04. The first-order valence-corrected chi connectivity index (χ1v) is 2.19. The molecule has 0 aromatic rings. The van der Waals surface area contributed by atoms with Crippen molar-refractivity contribution >= 4 is 15.9 Å². The monoisotopic (exact) mass is 133 g/mol. The number of hydrogen-bond acceptors (Lipinski definition) is 0. The summed E-state index contributed by atoms with van der Waals surface area (Å²) in [6, 6.07) is 0. The van der Waals surface area contributed by atoms with Crippen LogP contribution in [0.25, 0.3) is 4.85 Å². The van der Waals surface area contributed by atoms with Gasteiger partial charge in [0.2, 0.25) is 0 Å². The van der Waals surface area contributed by atoms with Crippen LogP contribution in [-0.2, 0) is 0 Å². The summed E-state index contributed by atoms with van der Waals surface area (Å²) in [5.74, 6) is 0. The molecule has 0 aliphatic rings. The Kier molecular flexibility index (Phi) is 2.21. The third-order valence-electron chi connectivity index (χ3n) is 0.178. The second kappa shape index (κ2) is 2.22. The lowest BCUT2D eigenvalue weighted by Crippen LogP contribution is -1.70. The maximum atomic E-state index is 6.24. The quantitative estimate of drug-likeness (QED) is 0.269. The minimum Gasteiger partial charge on any atom is -0.302 e. The molecule has 0 heterocycles.